The lowest BCUT2D eigenvalue weighted by Gasteiger charge is -2.43. The average molecular weight is 991 g/mol. The number of nitrogens with zero attached hydrogens (tertiary/aromatic N) is 4. The smallest absolute Gasteiger partial charge is 0.266 e. The predicted molar refractivity (Wildman–Crippen MR) is 249 cm³/mol. The molecule has 8 atom stereocenters. The van der Waals surface area contributed by atoms with Crippen LogP contribution in [0.3, 0.4) is 0 Å². The summed E-state index contributed by atoms with van der Waals surface area (Å²) in [5, 5.41) is 17.8. The Morgan fingerprint density at radius 1 is 0.884 bits per heavy atom. The molecule has 0 spiro atoms. The molecular weight excluding hydrogens is 933 g/mol. The van der Waals surface area contributed by atoms with Crippen LogP contribution in [0.15, 0.2) is 42.5 Å². The Labute approximate surface area is 403 Å². The van der Waals surface area contributed by atoms with Gasteiger partial charge in [0.15, 0.2) is 6.61 Å². The molecule has 5 saturated heterocycles. The van der Waals surface area contributed by atoms with Crippen LogP contribution in [-0.4, -0.2) is 170 Å². The van der Waals surface area contributed by atoms with E-state index in [9.17, 15) is 46.8 Å². The van der Waals surface area contributed by atoms with E-state index in [0.717, 1.165) is 54.9 Å². The minimum absolute atomic E-state index is 0.00163. The van der Waals surface area contributed by atoms with Crippen molar-refractivity contribution in [1.82, 2.24) is 50.9 Å². The number of nitrogens with one attached hydrogen (secondary N) is 6. The molecule has 9 rings (SSSR count). The summed E-state index contributed by atoms with van der Waals surface area (Å²) >= 11 is 1.59. The molecule has 21 nitrogen and oxygen atoms in total. The van der Waals surface area contributed by atoms with Gasteiger partial charge in [-0.05, 0) is 73.7 Å². The van der Waals surface area contributed by atoms with Gasteiger partial charge in [0.2, 0.25) is 39.6 Å². The lowest BCUT2D eigenvalue weighted by molar-refractivity contribution is -0.137. The molecule has 23 heteroatoms. The van der Waals surface area contributed by atoms with Crippen molar-refractivity contribution in [3.05, 3.63) is 64.7 Å². The average Bonchev–Trinajstić information content (AvgIpc) is 3.58. The highest BCUT2D eigenvalue weighted by Crippen LogP contribution is 2.40. The Kier molecular flexibility index (Phi) is 14.4. The van der Waals surface area contributed by atoms with Crippen LogP contribution in [0.4, 0.5) is 0 Å². The number of ether oxygens (including phenoxy) is 1. The number of sulfonamides is 1. The van der Waals surface area contributed by atoms with Gasteiger partial charge in [0, 0.05) is 69.9 Å². The zero-order valence-electron chi connectivity index (χ0n) is 38.3. The van der Waals surface area contributed by atoms with Crippen LogP contribution in [0.2, 0.25) is 0 Å². The van der Waals surface area contributed by atoms with Gasteiger partial charge in [-0.1, -0.05) is 30.3 Å². The standard InChI is InChI=1S/C46H58N10O11S2/c1-69(65,66)55-13-11-29(23-55)41(60)49-22-38(58)52-46-50-33(25-68-46)28-5-2-4-26(18-28)27-10-12-47-36(20-27)53-14-16-54(17-15-53)43(62)32-19-30(32)21-48-39(59)24-67-35-7-3-6-31-40(35)45(64)56(44(31)63)34-8-9-37(57)51-42(34)61/h2-7,18,27,29-30,32-34,36,46-47,50H,8-17,19-25H2,1H3,(H,48,59)(H,49,60)(H,52,58)(H,51,57,61). The fourth-order valence-electron chi connectivity index (χ4n) is 10.3. The van der Waals surface area contributed by atoms with Crippen LogP contribution < -0.4 is 36.6 Å². The van der Waals surface area contributed by atoms with Gasteiger partial charge >= 0.3 is 0 Å². The summed E-state index contributed by atoms with van der Waals surface area (Å²) < 4.78 is 30.6. The van der Waals surface area contributed by atoms with Crippen LogP contribution >= 0.6 is 11.8 Å². The summed E-state index contributed by atoms with van der Waals surface area (Å²) in [5.74, 6) is -3.09. The highest BCUT2D eigenvalue weighted by atomic mass is 32.2. The molecule has 2 aromatic rings. The van der Waals surface area contributed by atoms with Crippen molar-refractivity contribution in [2.24, 2.45) is 17.8 Å². The number of rotatable bonds is 15. The van der Waals surface area contributed by atoms with Crippen LogP contribution in [-0.2, 0) is 38.8 Å². The van der Waals surface area contributed by atoms with Crippen molar-refractivity contribution in [2.75, 3.05) is 77.5 Å². The lowest BCUT2D eigenvalue weighted by atomic mass is 9.86. The van der Waals surface area contributed by atoms with Crippen LogP contribution in [0.5, 0.6) is 5.75 Å². The molecule has 0 bridgehead atoms. The molecule has 1 aliphatic carbocycles. The number of carbonyl (C=O) groups excluding carboxylic acids is 8. The van der Waals surface area contributed by atoms with Crippen molar-refractivity contribution in [3.8, 4) is 5.75 Å². The molecule has 8 unspecified atom stereocenters. The van der Waals surface area contributed by atoms with Crippen molar-refractivity contribution >= 4 is 69.0 Å². The molecule has 2 aromatic carbocycles. The molecule has 6 fully saturated rings. The SMILES string of the molecule is CS(=O)(=O)N1CCC(C(=O)NCC(=O)NC2NC(c3cccc(C4CCNC(N5CCN(C(=O)C6CC6CNC(=O)COc6cccc7c6C(=O)N(C6CCC(=O)NC6=O)C7=O)CC5)C4)c3)CS2)C1. The number of hydrogen-bond acceptors (Lipinski definition) is 15. The van der Waals surface area contributed by atoms with E-state index in [1.807, 2.05) is 4.90 Å². The van der Waals surface area contributed by atoms with E-state index in [4.69, 9.17) is 4.74 Å². The van der Waals surface area contributed by atoms with Gasteiger partial charge < -0.3 is 30.9 Å². The van der Waals surface area contributed by atoms with Gasteiger partial charge in [0.25, 0.3) is 17.7 Å². The fraction of sp³-hybridized carbons (Fsp3) is 0.565. The molecule has 7 aliphatic rings. The highest BCUT2D eigenvalue weighted by Gasteiger charge is 2.47. The maximum atomic E-state index is 13.5. The number of thioether (sulfide) groups is 1. The van der Waals surface area contributed by atoms with Gasteiger partial charge in [0.1, 0.15) is 17.3 Å². The first-order valence-electron chi connectivity index (χ1n) is 23.6. The van der Waals surface area contributed by atoms with Crippen molar-refractivity contribution < 1.29 is 51.5 Å². The van der Waals surface area contributed by atoms with Gasteiger partial charge in [-0.2, -0.15) is 0 Å². The highest BCUT2D eigenvalue weighted by molar-refractivity contribution is 8.00. The monoisotopic (exact) mass is 990 g/mol. The van der Waals surface area contributed by atoms with Crippen LogP contribution in [0, 0.1) is 17.8 Å². The normalized spacial score (nSPS) is 28.5. The number of fused-ring (bicyclic) bond motifs is 1. The summed E-state index contributed by atoms with van der Waals surface area (Å²) in [6, 6.07) is 12.0. The molecule has 8 amide bonds. The maximum Gasteiger partial charge on any atom is 0.266 e. The molecule has 1 saturated carbocycles. The Morgan fingerprint density at radius 3 is 2.43 bits per heavy atom. The lowest BCUT2D eigenvalue weighted by Crippen LogP contribution is -2.57. The fourth-order valence-corrected chi connectivity index (χ4v) is 12.3. The maximum absolute atomic E-state index is 13.5. The van der Waals surface area contributed by atoms with E-state index in [0.29, 0.717) is 44.9 Å². The Bertz CT molecular complexity index is 2520. The van der Waals surface area contributed by atoms with Gasteiger partial charge in [-0.3, -0.25) is 58.8 Å². The van der Waals surface area contributed by atoms with E-state index in [1.165, 1.54) is 28.1 Å². The number of amides is 8. The van der Waals surface area contributed by atoms with E-state index in [-0.39, 0.29) is 90.1 Å². The summed E-state index contributed by atoms with van der Waals surface area (Å²) in [6.07, 6.45) is 4.33. The summed E-state index contributed by atoms with van der Waals surface area (Å²) in [7, 11) is -3.36. The number of carbonyl (C=O) groups is 8. The zero-order valence-corrected chi connectivity index (χ0v) is 39.9. The topological polar surface area (TPSA) is 265 Å². The van der Waals surface area contributed by atoms with Crippen molar-refractivity contribution in [2.45, 2.75) is 68.2 Å². The third-order valence-electron chi connectivity index (χ3n) is 14.3. The molecule has 6 N–H and O–H groups in total. The number of piperazine rings is 1. The molecular formula is C46H58N10O11S2. The second-order valence-corrected chi connectivity index (χ2v) is 22.0. The predicted octanol–water partition coefficient (Wildman–Crippen LogP) is -0.969. The number of hydrogen-bond donors (Lipinski definition) is 6. The van der Waals surface area contributed by atoms with Crippen molar-refractivity contribution in [3.63, 3.8) is 0 Å². The van der Waals surface area contributed by atoms with Gasteiger partial charge in [-0.25, -0.2) is 12.7 Å². The number of piperidine rings is 2. The van der Waals surface area contributed by atoms with E-state index >= 15 is 0 Å². The molecule has 0 aromatic heterocycles. The van der Waals surface area contributed by atoms with E-state index < -0.39 is 58.1 Å². The van der Waals surface area contributed by atoms with Gasteiger partial charge in [0.05, 0.1) is 36.0 Å². The van der Waals surface area contributed by atoms with Gasteiger partial charge in [-0.15, -0.1) is 11.8 Å². The summed E-state index contributed by atoms with van der Waals surface area (Å²) in [4.78, 5) is 107. The number of imide groups is 2. The third-order valence-corrected chi connectivity index (χ3v) is 16.7. The second-order valence-electron chi connectivity index (χ2n) is 18.9. The first-order chi connectivity index (χ1) is 33.1. The zero-order chi connectivity index (χ0) is 48.6. The minimum atomic E-state index is -3.36. The third kappa shape index (κ3) is 11.0. The Balaban J connectivity index is 0.676. The Hall–Kier alpha value is -5.46. The Morgan fingerprint density at radius 2 is 1.67 bits per heavy atom. The quantitative estimate of drug-likeness (QED) is 0.117. The molecule has 69 heavy (non-hydrogen) atoms. The van der Waals surface area contributed by atoms with E-state index in [2.05, 4.69) is 61.1 Å². The molecule has 0 radical (unpaired) electrons. The number of benzene rings is 2. The van der Waals surface area contributed by atoms with Crippen LogP contribution in [0.25, 0.3) is 0 Å². The summed E-state index contributed by atoms with van der Waals surface area (Å²) in [5.41, 5.74) is 2.11. The first kappa shape index (κ1) is 48.6. The largest absolute Gasteiger partial charge is 0.483 e. The molecule has 6 aliphatic heterocycles. The van der Waals surface area contributed by atoms with E-state index in [1.54, 1.807) is 11.8 Å². The first-order valence-corrected chi connectivity index (χ1v) is 26.5. The minimum Gasteiger partial charge on any atom is -0.483 e. The molecule has 6 heterocycles. The van der Waals surface area contributed by atoms with Crippen LogP contribution in [0.1, 0.15) is 82.3 Å². The second kappa shape index (κ2) is 20.5. The summed E-state index contributed by atoms with van der Waals surface area (Å²) in [6.45, 7) is 3.69. The van der Waals surface area contributed by atoms with Crippen molar-refractivity contribution in [1.29, 1.82) is 0 Å². The molecule has 370 valence electrons.